The molecule has 106 valence electrons. The summed E-state index contributed by atoms with van der Waals surface area (Å²) in [5.41, 5.74) is 1.13. The lowest BCUT2D eigenvalue weighted by atomic mass is 10.1. The van der Waals surface area contributed by atoms with Crippen LogP contribution < -0.4 is 10.9 Å². The molecular formula is C15H17FN2O2. The quantitative estimate of drug-likeness (QED) is 0.902. The minimum atomic E-state index is -0.464. The van der Waals surface area contributed by atoms with Gasteiger partial charge in [0.25, 0.3) is 5.56 Å². The first-order chi connectivity index (χ1) is 9.51. The zero-order valence-electron chi connectivity index (χ0n) is 11.4. The van der Waals surface area contributed by atoms with Crippen LogP contribution in [0.15, 0.2) is 41.3 Å². The van der Waals surface area contributed by atoms with Crippen LogP contribution in [0.3, 0.4) is 0 Å². The SMILES string of the molecule is CCn1cc(NC(C)c2ccc(O)cc2F)ccc1=O. The van der Waals surface area contributed by atoms with Crippen LogP contribution in [-0.4, -0.2) is 9.67 Å². The van der Waals surface area contributed by atoms with Crippen LogP contribution in [0.5, 0.6) is 5.75 Å². The van der Waals surface area contributed by atoms with Crippen molar-refractivity contribution in [1.29, 1.82) is 0 Å². The number of aryl methyl sites for hydroxylation is 1. The fraction of sp³-hybridized carbons (Fsp3) is 0.267. The number of hydrogen-bond donors (Lipinski definition) is 2. The maximum Gasteiger partial charge on any atom is 0.250 e. The lowest BCUT2D eigenvalue weighted by Gasteiger charge is -2.17. The first-order valence-electron chi connectivity index (χ1n) is 6.46. The highest BCUT2D eigenvalue weighted by molar-refractivity contribution is 5.44. The second-order valence-corrected chi connectivity index (χ2v) is 4.61. The van der Waals surface area contributed by atoms with Gasteiger partial charge in [-0.05, 0) is 26.0 Å². The number of phenols is 1. The maximum absolute atomic E-state index is 13.8. The van der Waals surface area contributed by atoms with E-state index in [1.54, 1.807) is 16.8 Å². The Kier molecular flexibility index (Phi) is 4.08. The van der Waals surface area contributed by atoms with Crippen molar-refractivity contribution >= 4 is 5.69 Å². The van der Waals surface area contributed by atoms with Crippen LogP contribution >= 0.6 is 0 Å². The fourth-order valence-corrected chi connectivity index (χ4v) is 2.06. The number of hydrogen-bond acceptors (Lipinski definition) is 3. The molecule has 5 heteroatoms. The predicted octanol–water partition coefficient (Wildman–Crippen LogP) is 2.89. The zero-order chi connectivity index (χ0) is 14.7. The molecule has 0 aliphatic carbocycles. The molecule has 20 heavy (non-hydrogen) atoms. The molecule has 1 heterocycles. The van der Waals surface area contributed by atoms with E-state index in [1.165, 1.54) is 18.2 Å². The molecule has 1 aromatic heterocycles. The number of anilines is 1. The number of rotatable bonds is 4. The summed E-state index contributed by atoms with van der Waals surface area (Å²) in [6.45, 7) is 4.28. The molecule has 0 amide bonds. The topological polar surface area (TPSA) is 54.3 Å². The first-order valence-corrected chi connectivity index (χ1v) is 6.46. The molecule has 0 fully saturated rings. The summed E-state index contributed by atoms with van der Waals surface area (Å²) in [4.78, 5) is 11.5. The Balaban J connectivity index is 2.23. The van der Waals surface area contributed by atoms with Gasteiger partial charge in [-0.15, -0.1) is 0 Å². The third-order valence-corrected chi connectivity index (χ3v) is 3.16. The van der Waals surface area contributed by atoms with Crippen molar-refractivity contribution in [3.63, 3.8) is 0 Å². The molecule has 2 aromatic rings. The Morgan fingerprint density at radius 3 is 2.75 bits per heavy atom. The maximum atomic E-state index is 13.8. The Morgan fingerprint density at radius 2 is 2.10 bits per heavy atom. The Labute approximate surface area is 116 Å². The molecule has 2 N–H and O–H groups in total. The molecule has 0 spiro atoms. The lowest BCUT2D eigenvalue weighted by Crippen LogP contribution is -2.18. The number of halogens is 1. The van der Waals surface area contributed by atoms with E-state index in [4.69, 9.17) is 0 Å². The summed E-state index contributed by atoms with van der Waals surface area (Å²) in [6, 6.07) is 6.94. The van der Waals surface area contributed by atoms with E-state index in [1.807, 2.05) is 13.8 Å². The number of pyridine rings is 1. The second-order valence-electron chi connectivity index (χ2n) is 4.61. The Hall–Kier alpha value is -2.30. The minimum absolute atomic E-state index is 0.0680. The van der Waals surface area contributed by atoms with E-state index < -0.39 is 5.82 Å². The van der Waals surface area contributed by atoms with Gasteiger partial charge < -0.3 is 15.0 Å². The minimum Gasteiger partial charge on any atom is -0.508 e. The summed E-state index contributed by atoms with van der Waals surface area (Å²) in [6.07, 6.45) is 1.71. The molecule has 0 radical (unpaired) electrons. The molecule has 4 nitrogen and oxygen atoms in total. The highest BCUT2D eigenvalue weighted by Gasteiger charge is 2.11. The van der Waals surface area contributed by atoms with Gasteiger partial charge in [-0.1, -0.05) is 6.07 Å². The summed E-state index contributed by atoms with van der Waals surface area (Å²) < 4.78 is 15.3. The summed E-state index contributed by atoms with van der Waals surface area (Å²) >= 11 is 0. The van der Waals surface area contributed by atoms with Crippen LogP contribution in [0.1, 0.15) is 25.5 Å². The van der Waals surface area contributed by atoms with Gasteiger partial charge in [-0.3, -0.25) is 4.79 Å². The van der Waals surface area contributed by atoms with Crippen molar-refractivity contribution in [1.82, 2.24) is 4.57 Å². The van der Waals surface area contributed by atoms with Gasteiger partial charge in [0.15, 0.2) is 0 Å². The molecular weight excluding hydrogens is 259 g/mol. The van der Waals surface area contributed by atoms with Gasteiger partial charge in [0.1, 0.15) is 11.6 Å². The smallest absolute Gasteiger partial charge is 0.250 e. The summed E-state index contributed by atoms with van der Waals surface area (Å²) in [5, 5.41) is 12.3. The van der Waals surface area contributed by atoms with E-state index in [2.05, 4.69) is 5.32 Å². The largest absolute Gasteiger partial charge is 0.508 e. The van der Waals surface area contributed by atoms with Crippen molar-refractivity contribution < 1.29 is 9.50 Å². The van der Waals surface area contributed by atoms with E-state index in [-0.39, 0.29) is 17.4 Å². The highest BCUT2D eigenvalue weighted by atomic mass is 19.1. The van der Waals surface area contributed by atoms with E-state index in [9.17, 15) is 14.3 Å². The molecule has 0 saturated heterocycles. The first kappa shape index (κ1) is 14.1. The Morgan fingerprint density at radius 1 is 1.35 bits per heavy atom. The number of aromatic nitrogens is 1. The molecule has 1 atom stereocenters. The van der Waals surface area contributed by atoms with Crippen molar-refractivity contribution in [2.45, 2.75) is 26.4 Å². The molecule has 0 aliphatic heterocycles. The van der Waals surface area contributed by atoms with Gasteiger partial charge >= 0.3 is 0 Å². The van der Waals surface area contributed by atoms with Crippen LogP contribution in [0.4, 0.5) is 10.1 Å². The molecule has 0 saturated carbocycles. The standard InChI is InChI=1S/C15H17FN2O2/c1-3-18-9-11(4-7-15(18)20)17-10(2)13-6-5-12(19)8-14(13)16/h4-10,17,19H,3H2,1-2H3. The Bertz CT molecular complexity index is 667. The predicted molar refractivity (Wildman–Crippen MR) is 76.5 cm³/mol. The normalized spacial score (nSPS) is 12.2. The zero-order valence-corrected chi connectivity index (χ0v) is 11.4. The lowest BCUT2D eigenvalue weighted by molar-refractivity contribution is 0.467. The van der Waals surface area contributed by atoms with Crippen LogP contribution in [0.25, 0.3) is 0 Å². The summed E-state index contributed by atoms with van der Waals surface area (Å²) in [7, 11) is 0. The monoisotopic (exact) mass is 276 g/mol. The molecule has 0 aliphatic rings. The van der Waals surface area contributed by atoms with Crippen molar-refractivity contribution in [2.75, 3.05) is 5.32 Å². The van der Waals surface area contributed by atoms with Crippen molar-refractivity contribution in [3.05, 3.63) is 58.3 Å². The van der Waals surface area contributed by atoms with Crippen molar-refractivity contribution in [3.8, 4) is 5.75 Å². The van der Waals surface area contributed by atoms with E-state index in [0.29, 0.717) is 12.1 Å². The van der Waals surface area contributed by atoms with E-state index >= 15 is 0 Å². The number of phenolic OH excluding ortho intramolecular Hbond substituents is 1. The van der Waals surface area contributed by atoms with Gasteiger partial charge in [0.05, 0.1) is 11.7 Å². The average molecular weight is 276 g/mol. The summed E-state index contributed by atoms with van der Waals surface area (Å²) in [5.74, 6) is -0.563. The number of nitrogens with zero attached hydrogens (tertiary/aromatic N) is 1. The molecule has 1 unspecified atom stereocenters. The number of aromatic hydroxyl groups is 1. The van der Waals surface area contributed by atoms with Crippen molar-refractivity contribution in [2.24, 2.45) is 0 Å². The van der Waals surface area contributed by atoms with E-state index in [0.717, 1.165) is 11.8 Å². The fourth-order valence-electron chi connectivity index (χ4n) is 2.06. The third-order valence-electron chi connectivity index (χ3n) is 3.16. The number of nitrogens with one attached hydrogen (secondary N) is 1. The molecule has 0 bridgehead atoms. The highest BCUT2D eigenvalue weighted by Crippen LogP contribution is 2.23. The molecule has 1 aromatic carbocycles. The van der Waals surface area contributed by atoms with Gasteiger partial charge in [0, 0.05) is 30.4 Å². The third kappa shape index (κ3) is 2.99. The second kappa shape index (κ2) is 5.77. The van der Waals surface area contributed by atoms with Crippen LogP contribution in [0.2, 0.25) is 0 Å². The van der Waals surface area contributed by atoms with Crippen LogP contribution in [-0.2, 0) is 6.54 Å². The van der Waals surface area contributed by atoms with Gasteiger partial charge in [-0.2, -0.15) is 0 Å². The number of benzene rings is 1. The average Bonchev–Trinajstić information content (AvgIpc) is 2.40. The van der Waals surface area contributed by atoms with Crippen LogP contribution in [0, 0.1) is 5.82 Å². The van der Waals surface area contributed by atoms with Gasteiger partial charge in [0.2, 0.25) is 0 Å². The molecule has 2 rings (SSSR count). The van der Waals surface area contributed by atoms with Gasteiger partial charge in [-0.25, -0.2) is 4.39 Å².